The molecule has 0 radical (unpaired) electrons. The lowest BCUT2D eigenvalue weighted by molar-refractivity contribution is -0.132. The maximum atomic E-state index is 10.4. The fourth-order valence-electron chi connectivity index (χ4n) is 1.11. The van der Waals surface area contributed by atoms with Crippen molar-refractivity contribution in [3.8, 4) is 0 Å². The number of carbonyl (C=O) groups is 1. The first-order valence-electron chi connectivity index (χ1n) is 4.51. The van der Waals surface area contributed by atoms with Gasteiger partial charge in [-0.1, -0.05) is 6.58 Å². The maximum absolute atomic E-state index is 10.4. The highest BCUT2D eigenvalue weighted by Crippen LogP contribution is 1.99. The topological polar surface area (TPSA) is 67.8 Å². The van der Waals surface area contributed by atoms with E-state index in [2.05, 4.69) is 11.9 Å². The van der Waals surface area contributed by atoms with E-state index in [-0.39, 0.29) is 18.2 Å². The van der Waals surface area contributed by atoms with E-state index in [9.17, 15) is 4.79 Å². The zero-order valence-corrected chi connectivity index (χ0v) is 7.99. The monoisotopic (exact) mass is 201 g/mol. The van der Waals surface area contributed by atoms with Gasteiger partial charge in [0.05, 0.1) is 25.9 Å². The van der Waals surface area contributed by atoms with E-state index >= 15 is 0 Å². The molecule has 2 N–H and O–H groups in total. The molecule has 0 aromatic rings. The second-order valence-corrected chi connectivity index (χ2v) is 3.11. The predicted molar refractivity (Wildman–Crippen MR) is 50.2 cm³/mol. The second kappa shape index (κ2) is 5.74. The quantitative estimate of drug-likeness (QED) is 0.594. The van der Waals surface area contributed by atoms with Gasteiger partial charge in [0.15, 0.2) is 0 Å². The van der Waals surface area contributed by atoms with Crippen LogP contribution in [0.15, 0.2) is 12.2 Å². The average molecular weight is 201 g/mol. The van der Waals surface area contributed by atoms with Crippen LogP contribution >= 0.6 is 0 Å². The Balaban J connectivity index is 2.08. The number of rotatable bonds is 5. The van der Waals surface area contributed by atoms with Crippen LogP contribution in [0.25, 0.3) is 0 Å². The van der Waals surface area contributed by atoms with E-state index in [0.29, 0.717) is 26.4 Å². The number of hydrogen-bond acceptors (Lipinski definition) is 4. The highest BCUT2D eigenvalue weighted by molar-refractivity contribution is 5.86. The molecule has 5 heteroatoms. The van der Waals surface area contributed by atoms with Crippen LogP contribution in [0, 0.1) is 0 Å². The van der Waals surface area contributed by atoms with Crippen LogP contribution in [0.1, 0.15) is 0 Å². The average Bonchev–Trinajstić information content (AvgIpc) is 2.19. The third-order valence-corrected chi connectivity index (χ3v) is 1.90. The van der Waals surface area contributed by atoms with E-state index in [1.165, 1.54) is 0 Å². The smallest absolute Gasteiger partial charge is 0.332 e. The molecule has 1 fully saturated rings. The van der Waals surface area contributed by atoms with Gasteiger partial charge in [-0.25, -0.2) is 4.79 Å². The molecule has 0 aliphatic carbocycles. The molecular formula is C9H15NO4. The van der Waals surface area contributed by atoms with Crippen LogP contribution in [0.5, 0.6) is 0 Å². The molecule has 0 aromatic heterocycles. The molecule has 0 amide bonds. The van der Waals surface area contributed by atoms with Gasteiger partial charge in [0.25, 0.3) is 0 Å². The van der Waals surface area contributed by atoms with Crippen molar-refractivity contribution < 1.29 is 19.4 Å². The largest absolute Gasteiger partial charge is 0.478 e. The van der Waals surface area contributed by atoms with Gasteiger partial charge >= 0.3 is 5.97 Å². The minimum atomic E-state index is -0.974. The summed E-state index contributed by atoms with van der Waals surface area (Å²) in [6.45, 7) is 6.07. The SMILES string of the molecule is C=C(CNCC1COCCO1)C(=O)O. The fourth-order valence-corrected chi connectivity index (χ4v) is 1.11. The van der Waals surface area contributed by atoms with E-state index < -0.39 is 5.97 Å². The molecule has 1 rings (SSSR count). The third-order valence-electron chi connectivity index (χ3n) is 1.90. The summed E-state index contributed by atoms with van der Waals surface area (Å²) in [5.74, 6) is -0.974. The van der Waals surface area contributed by atoms with Crippen molar-refractivity contribution in [3.63, 3.8) is 0 Å². The minimum Gasteiger partial charge on any atom is -0.478 e. The lowest BCUT2D eigenvalue weighted by atomic mass is 10.3. The number of hydrogen-bond donors (Lipinski definition) is 2. The molecule has 1 aliphatic heterocycles. The Morgan fingerprint density at radius 3 is 2.93 bits per heavy atom. The second-order valence-electron chi connectivity index (χ2n) is 3.11. The lowest BCUT2D eigenvalue weighted by Gasteiger charge is -2.23. The summed E-state index contributed by atoms with van der Waals surface area (Å²) in [7, 11) is 0. The van der Waals surface area contributed by atoms with Crippen LogP contribution in [0.2, 0.25) is 0 Å². The Kier molecular flexibility index (Phi) is 4.58. The number of nitrogens with one attached hydrogen (secondary N) is 1. The Morgan fingerprint density at radius 1 is 1.57 bits per heavy atom. The van der Waals surface area contributed by atoms with Crippen molar-refractivity contribution in [1.82, 2.24) is 5.32 Å². The first-order chi connectivity index (χ1) is 6.70. The third kappa shape index (κ3) is 3.87. The molecule has 0 bridgehead atoms. The standard InChI is InChI=1S/C9H15NO4/c1-7(9(11)12)4-10-5-8-6-13-2-3-14-8/h8,10H,1-6H2,(H,11,12). The molecule has 1 heterocycles. The summed E-state index contributed by atoms with van der Waals surface area (Å²) >= 11 is 0. The van der Waals surface area contributed by atoms with Crippen LogP contribution in [-0.4, -0.2) is 50.1 Å². The van der Waals surface area contributed by atoms with E-state index in [1.54, 1.807) is 0 Å². The van der Waals surface area contributed by atoms with E-state index in [0.717, 1.165) is 0 Å². The Labute approximate surface area is 82.7 Å². The summed E-state index contributed by atoms with van der Waals surface area (Å²) in [5.41, 5.74) is 0.154. The summed E-state index contributed by atoms with van der Waals surface area (Å²) in [4.78, 5) is 10.4. The lowest BCUT2D eigenvalue weighted by Crippen LogP contribution is -2.38. The summed E-state index contributed by atoms with van der Waals surface area (Å²) in [6, 6.07) is 0. The summed E-state index contributed by atoms with van der Waals surface area (Å²) in [5, 5.41) is 11.5. The molecule has 1 atom stereocenters. The Bertz CT molecular complexity index is 211. The van der Waals surface area contributed by atoms with Crippen LogP contribution in [0.4, 0.5) is 0 Å². The number of aliphatic carboxylic acids is 1. The van der Waals surface area contributed by atoms with Crippen molar-refractivity contribution in [2.24, 2.45) is 0 Å². The molecule has 0 aromatic carbocycles. The van der Waals surface area contributed by atoms with Crippen molar-refractivity contribution in [1.29, 1.82) is 0 Å². The van der Waals surface area contributed by atoms with Crippen LogP contribution in [0.3, 0.4) is 0 Å². The molecule has 0 saturated carbocycles. The van der Waals surface area contributed by atoms with Crippen molar-refractivity contribution >= 4 is 5.97 Å². The van der Waals surface area contributed by atoms with Gasteiger partial charge < -0.3 is 19.9 Å². The number of ether oxygens (including phenoxy) is 2. The molecule has 14 heavy (non-hydrogen) atoms. The van der Waals surface area contributed by atoms with Gasteiger partial charge in [0, 0.05) is 18.7 Å². The van der Waals surface area contributed by atoms with Gasteiger partial charge in [-0.2, -0.15) is 0 Å². The first kappa shape index (κ1) is 11.2. The Morgan fingerprint density at radius 2 is 2.36 bits per heavy atom. The zero-order valence-electron chi connectivity index (χ0n) is 7.99. The molecule has 80 valence electrons. The fraction of sp³-hybridized carbons (Fsp3) is 0.667. The van der Waals surface area contributed by atoms with Gasteiger partial charge in [0.1, 0.15) is 0 Å². The highest BCUT2D eigenvalue weighted by Gasteiger charge is 2.13. The minimum absolute atomic E-state index is 0.0188. The van der Waals surface area contributed by atoms with Crippen LogP contribution < -0.4 is 5.32 Å². The molecule has 0 spiro atoms. The van der Waals surface area contributed by atoms with Crippen molar-refractivity contribution in [2.45, 2.75) is 6.10 Å². The molecule has 5 nitrogen and oxygen atoms in total. The number of carboxylic acids is 1. The van der Waals surface area contributed by atoms with Crippen molar-refractivity contribution in [3.05, 3.63) is 12.2 Å². The normalized spacial score (nSPS) is 21.9. The molecule has 1 saturated heterocycles. The number of carboxylic acid groups (broad SMARTS) is 1. The van der Waals surface area contributed by atoms with E-state index in [1.807, 2.05) is 0 Å². The molecule has 1 aliphatic rings. The summed E-state index contributed by atoms with van der Waals surface area (Å²) in [6.07, 6.45) is 0.0188. The maximum Gasteiger partial charge on any atom is 0.332 e. The Hall–Kier alpha value is -0.910. The van der Waals surface area contributed by atoms with Crippen molar-refractivity contribution in [2.75, 3.05) is 32.9 Å². The van der Waals surface area contributed by atoms with Gasteiger partial charge in [-0.15, -0.1) is 0 Å². The van der Waals surface area contributed by atoms with Gasteiger partial charge in [0.2, 0.25) is 0 Å². The summed E-state index contributed by atoms with van der Waals surface area (Å²) < 4.78 is 10.5. The first-order valence-corrected chi connectivity index (χ1v) is 4.51. The highest BCUT2D eigenvalue weighted by atomic mass is 16.6. The molecular weight excluding hydrogens is 186 g/mol. The predicted octanol–water partition coefficient (Wildman–Crippen LogP) is -0.368. The zero-order chi connectivity index (χ0) is 10.4. The van der Waals surface area contributed by atoms with Gasteiger partial charge in [-0.05, 0) is 0 Å². The van der Waals surface area contributed by atoms with Gasteiger partial charge in [-0.3, -0.25) is 0 Å². The van der Waals surface area contributed by atoms with Crippen LogP contribution in [-0.2, 0) is 14.3 Å². The van der Waals surface area contributed by atoms with E-state index in [4.69, 9.17) is 14.6 Å². The molecule has 1 unspecified atom stereocenters.